The van der Waals surface area contributed by atoms with E-state index >= 15 is 0 Å². The number of fused-ring (bicyclic) bond motifs is 1. The van der Waals surface area contributed by atoms with E-state index in [-0.39, 0.29) is 11.8 Å². The van der Waals surface area contributed by atoms with E-state index in [0.29, 0.717) is 43.1 Å². The minimum Gasteiger partial charge on any atom is -0.378 e. The van der Waals surface area contributed by atoms with Gasteiger partial charge >= 0.3 is 0 Å². The Morgan fingerprint density at radius 1 is 1.15 bits per heavy atom. The number of ether oxygens (including phenoxy) is 1. The van der Waals surface area contributed by atoms with Gasteiger partial charge in [-0.25, -0.2) is 0 Å². The highest BCUT2D eigenvalue weighted by Crippen LogP contribution is 2.22. The van der Waals surface area contributed by atoms with E-state index in [2.05, 4.69) is 10.4 Å². The maximum absolute atomic E-state index is 12.8. The Balaban J connectivity index is 1.53. The van der Waals surface area contributed by atoms with Crippen LogP contribution in [0.15, 0.2) is 24.4 Å². The van der Waals surface area contributed by atoms with Crippen molar-refractivity contribution in [1.29, 1.82) is 0 Å². The Morgan fingerprint density at radius 3 is 2.77 bits per heavy atom. The summed E-state index contributed by atoms with van der Waals surface area (Å²) < 4.78 is 7.20. The number of carbonyl (C=O) groups excluding carboxylic acids is 2. The molecule has 1 fully saturated rings. The monoisotopic (exact) mass is 354 g/mol. The summed E-state index contributed by atoms with van der Waals surface area (Å²) in [5, 5.41) is 7.18. The number of benzene rings is 1. The zero-order valence-electron chi connectivity index (χ0n) is 14.8. The predicted octanol–water partition coefficient (Wildman–Crippen LogP) is 1.86. The SMILES string of the molecule is Cc1ccc(NC(=O)c2cnn3c2CCC3)cc1C(=O)N1CCOCC1. The highest BCUT2D eigenvalue weighted by molar-refractivity contribution is 6.06. The fraction of sp³-hybridized carbons (Fsp3) is 0.421. The van der Waals surface area contributed by atoms with Gasteiger partial charge in [-0.1, -0.05) is 6.07 Å². The van der Waals surface area contributed by atoms with E-state index in [4.69, 9.17) is 4.74 Å². The van der Waals surface area contributed by atoms with Crippen molar-refractivity contribution in [3.63, 3.8) is 0 Å². The number of aryl methyl sites for hydroxylation is 2. The molecule has 1 aromatic carbocycles. The molecule has 7 heteroatoms. The quantitative estimate of drug-likeness (QED) is 0.913. The fourth-order valence-corrected chi connectivity index (χ4v) is 3.52. The number of hydrogen-bond donors (Lipinski definition) is 1. The summed E-state index contributed by atoms with van der Waals surface area (Å²) >= 11 is 0. The Labute approximate surface area is 151 Å². The van der Waals surface area contributed by atoms with Crippen molar-refractivity contribution >= 4 is 17.5 Å². The van der Waals surface area contributed by atoms with E-state index in [1.807, 2.05) is 23.7 Å². The largest absolute Gasteiger partial charge is 0.378 e. The van der Waals surface area contributed by atoms with Crippen LogP contribution in [-0.4, -0.2) is 52.8 Å². The Hall–Kier alpha value is -2.67. The van der Waals surface area contributed by atoms with Crippen LogP contribution in [0, 0.1) is 6.92 Å². The van der Waals surface area contributed by atoms with Gasteiger partial charge in [-0.05, 0) is 37.5 Å². The number of nitrogens with one attached hydrogen (secondary N) is 1. The van der Waals surface area contributed by atoms with Crippen molar-refractivity contribution in [1.82, 2.24) is 14.7 Å². The van der Waals surface area contributed by atoms with Crippen LogP contribution in [0.3, 0.4) is 0 Å². The molecule has 0 saturated carbocycles. The van der Waals surface area contributed by atoms with Gasteiger partial charge < -0.3 is 15.0 Å². The molecule has 1 aromatic heterocycles. The van der Waals surface area contributed by atoms with Crippen LogP contribution in [0.25, 0.3) is 0 Å². The van der Waals surface area contributed by atoms with E-state index in [1.165, 1.54) is 0 Å². The average molecular weight is 354 g/mol. The lowest BCUT2D eigenvalue weighted by molar-refractivity contribution is 0.0302. The van der Waals surface area contributed by atoms with Crippen LogP contribution in [0.2, 0.25) is 0 Å². The first kappa shape index (κ1) is 16.8. The zero-order chi connectivity index (χ0) is 18.1. The maximum atomic E-state index is 12.8. The van der Waals surface area contributed by atoms with Crippen molar-refractivity contribution < 1.29 is 14.3 Å². The molecule has 3 heterocycles. The summed E-state index contributed by atoms with van der Waals surface area (Å²) in [6.07, 6.45) is 3.52. The summed E-state index contributed by atoms with van der Waals surface area (Å²) in [5.41, 5.74) is 3.73. The van der Waals surface area contributed by atoms with Gasteiger partial charge in [-0.15, -0.1) is 0 Å². The molecule has 4 rings (SSSR count). The van der Waals surface area contributed by atoms with Crippen LogP contribution in [0.1, 0.15) is 38.4 Å². The third-order valence-corrected chi connectivity index (χ3v) is 5.00. The Kier molecular flexibility index (Phi) is 4.46. The third-order valence-electron chi connectivity index (χ3n) is 5.00. The van der Waals surface area contributed by atoms with Crippen molar-refractivity contribution in [3.8, 4) is 0 Å². The molecule has 136 valence electrons. The standard InChI is InChI=1S/C19H22N4O3/c1-13-4-5-14(11-15(13)19(25)22-7-9-26-10-8-22)21-18(24)16-12-20-23-6-2-3-17(16)23/h4-5,11-12H,2-3,6-10H2,1H3,(H,21,24). The van der Waals surface area contributed by atoms with E-state index in [1.54, 1.807) is 17.2 Å². The van der Waals surface area contributed by atoms with Crippen molar-refractivity contribution in [2.45, 2.75) is 26.3 Å². The molecular formula is C19H22N4O3. The van der Waals surface area contributed by atoms with Crippen molar-refractivity contribution in [2.75, 3.05) is 31.6 Å². The second-order valence-corrected chi connectivity index (χ2v) is 6.72. The van der Waals surface area contributed by atoms with E-state index < -0.39 is 0 Å². The van der Waals surface area contributed by atoms with Gasteiger partial charge in [0.1, 0.15) is 0 Å². The zero-order valence-corrected chi connectivity index (χ0v) is 14.8. The highest BCUT2D eigenvalue weighted by Gasteiger charge is 2.23. The van der Waals surface area contributed by atoms with E-state index in [9.17, 15) is 9.59 Å². The summed E-state index contributed by atoms with van der Waals surface area (Å²) in [7, 11) is 0. The first-order valence-electron chi connectivity index (χ1n) is 8.97. The normalized spacial score (nSPS) is 16.4. The number of amides is 2. The number of carbonyl (C=O) groups is 2. The van der Waals surface area contributed by atoms with Gasteiger partial charge in [0.25, 0.3) is 11.8 Å². The van der Waals surface area contributed by atoms with Crippen LogP contribution in [-0.2, 0) is 17.7 Å². The number of hydrogen-bond acceptors (Lipinski definition) is 4. The molecule has 26 heavy (non-hydrogen) atoms. The molecule has 0 radical (unpaired) electrons. The minimum atomic E-state index is -0.179. The number of anilines is 1. The van der Waals surface area contributed by atoms with Gasteiger partial charge in [0, 0.05) is 30.9 Å². The molecule has 2 aliphatic rings. The van der Waals surface area contributed by atoms with Gasteiger partial charge in [-0.2, -0.15) is 5.10 Å². The summed E-state index contributed by atoms with van der Waals surface area (Å²) in [6, 6.07) is 5.45. The highest BCUT2D eigenvalue weighted by atomic mass is 16.5. The molecule has 7 nitrogen and oxygen atoms in total. The average Bonchev–Trinajstić information content (AvgIpc) is 3.27. The molecule has 0 unspecified atom stereocenters. The summed E-state index contributed by atoms with van der Waals surface area (Å²) in [4.78, 5) is 27.2. The predicted molar refractivity (Wildman–Crippen MR) is 96.4 cm³/mol. The van der Waals surface area contributed by atoms with Gasteiger partial charge in [0.15, 0.2) is 0 Å². The lowest BCUT2D eigenvalue weighted by atomic mass is 10.1. The molecule has 0 atom stereocenters. The topological polar surface area (TPSA) is 76.5 Å². The van der Waals surface area contributed by atoms with Crippen LogP contribution in [0.5, 0.6) is 0 Å². The Morgan fingerprint density at radius 2 is 1.96 bits per heavy atom. The molecule has 2 aliphatic heterocycles. The van der Waals surface area contributed by atoms with Crippen molar-refractivity contribution in [3.05, 3.63) is 46.8 Å². The molecule has 2 amide bonds. The van der Waals surface area contributed by atoms with Gasteiger partial charge in [0.2, 0.25) is 0 Å². The smallest absolute Gasteiger partial charge is 0.259 e. The van der Waals surface area contributed by atoms with Gasteiger partial charge in [0.05, 0.1) is 30.7 Å². The second kappa shape index (κ2) is 6.92. The summed E-state index contributed by atoms with van der Waals surface area (Å²) in [5.74, 6) is -0.199. The Bertz CT molecular complexity index is 852. The molecule has 1 saturated heterocycles. The van der Waals surface area contributed by atoms with Crippen LogP contribution >= 0.6 is 0 Å². The molecule has 0 aliphatic carbocycles. The van der Waals surface area contributed by atoms with Crippen molar-refractivity contribution in [2.24, 2.45) is 0 Å². The molecular weight excluding hydrogens is 332 g/mol. The number of nitrogens with zero attached hydrogens (tertiary/aromatic N) is 3. The summed E-state index contributed by atoms with van der Waals surface area (Å²) in [6.45, 7) is 5.09. The first-order valence-corrected chi connectivity index (χ1v) is 8.97. The number of rotatable bonds is 3. The first-order chi connectivity index (χ1) is 12.6. The minimum absolute atomic E-state index is 0.0201. The fourth-order valence-electron chi connectivity index (χ4n) is 3.52. The molecule has 2 aromatic rings. The third kappa shape index (κ3) is 3.10. The van der Waals surface area contributed by atoms with Crippen LogP contribution in [0.4, 0.5) is 5.69 Å². The second-order valence-electron chi connectivity index (χ2n) is 6.72. The van der Waals surface area contributed by atoms with Crippen LogP contribution < -0.4 is 5.32 Å². The molecule has 0 spiro atoms. The lowest BCUT2D eigenvalue weighted by Gasteiger charge is -2.27. The number of morpholine rings is 1. The van der Waals surface area contributed by atoms with Gasteiger partial charge in [-0.3, -0.25) is 14.3 Å². The lowest BCUT2D eigenvalue weighted by Crippen LogP contribution is -2.41. The maximum Gasteiger partial charge on any atom is 0.259 e. The number of aromatic nitrogens is 2. The molecule has 0 bridgehead atoms. The molecule has 1 N–H and O–H groups in total. The van der Waals surface area contributed by atoms with E-state index in [0.717, 1.165) is 30.6 Å².